The molecule has 0 unspecified atom stereocenters. The number of carbonyl (C=O) groups excluding carboxylic acids is 1. The van der Waals surface area contributed by atoms with Gasteiger partial charge < -0.3 is 4.74 Å². The fraction of sp³-hybridized carbons (Fsp3) is 0.273. The van der Waals surface area contributed by atoms with Gasteiger partial charge in [0.25, 0.3) is 0 Å². The Kier molecular flexibility index (Phi) is 2.78. The summed E-state index contributed by atoms with van der Waals surface area (Å²) in [4.78, 5) is 13.0. The molecule has 0 amide bonds. The lowest BCUT2D eigenvalue weighted by Crippen LogP contribution is -2.09. The van der Waals surface area contributed by atoms with E-state index < -0.39 is 0 Å². The number of methoxy groups -OCH3 is 1. The number of aromatic nitrogens is 2. The normalized spacial score (nSPS) is 10.4. The third-order valence-electron chi connectivity index (χ3n) is 2.41. The molecular weight excluding hydrogens is 224 g/mol. The van der Waals surface area contributed by atoms with Crippen molar-refractivity contribution in [1.82, 2.24) is 9.78 Å². The minimum atomic E-state index is -0.0376. The van der Waals surface area contributed by atoms with E-state index in [9.17, 15) is 4.79 Å². The van der Waals surface area contributed by atoms with Crippen molar-refractivity contribution in [3.8, 4) is 5.75 Å². The van der Waals surface area contributed by atoms with Crippen molar-refractivity contribution in [2.24, 2.45) is 7.05 Å². The Morgan fingerprint density at radius 3 is 2.88 bits per heavy atom. The summed E-state index contributed by atoms with van der Waals surface area (Å²) >= 11 is 1.44. The monoisotopic (exact) mass is 236 g/mol. The number of rotatable bonds is 3. The molecule has 84 valence electrons. The molecule has 0 aliphatic rings. The summed E-state index contributed by atoms with van der Waals surface area (Å²) in [6.07, 6.45) is 1.55. The van der Waals surface area contributed by atoms with Gasteiger partial charge in [-0.3, -0.25) is 9.48 Å². The molecule has 0 bridgehead atoms. The predicted octanol–water partition coefficient (Wildman–Crippen LogP) is 2.03. The topological polar surface area (TPSA) is 44.1 Å². The molecule has 2 heterocycles. The molecule has 4 nitrogen and oxygen atoms in total. The molecule has 0 aliphatic heterocycles. The Morgan fingerprint density at radius 2 is 2.31 bits per heavy atom. The zero-order valence-electron chi connectivity index (χ0n) is 9.35. The lowest BCUT2D eigenvalue weighted by Gasteiger charge is -2.03. The summed E-state index contributed by atoms with van der Waals surface area (Å²) in [7, 11) is 3.27. The van der Waals surface area contributed by atoms with Crippen LogP contribution in [0.25, 0.3) is 0 Å². The van der Waals surface area contributed by atoms with E-state index in [2.05, 4.69) is 5.10 Å². The fourth-order valence-electron chi connectivity index (χ4n) is 1.54. The highest BCUT2D eigenvalue weighted by Gasteiger charge is 2.21. The van der Waals surface area contributed by atoms with Gasteiger partial charge in [-0.15, -0.1) is 11.3 Å². The van der Waals surface area contributed by atoms with Crippen molar-refractivity contribution < 1.29 is 9.53 Å². The number of hydrogen-bond acceptors (Lipinski definition) is 4. The number of ketones is 1. The van der Waals surface area contributed by atoms with Gasteiger partial charge >= 0.3 is 0 Å². The van der Waals surface area contributed by atoms with Gasteiger partial charge in [0.1, 0.15) is 0 Å². The van der Waals surface area contributed by atoms with E-state index in [4.69, 9.17) is 4.74 Å². The number of aryl methyl sites for hydroxylation is 2. The van der Waals surface area contributed by atoms with Crippen LogP contribution in [0.5, 0.6) is 5.75 Å². The minimum absolute atomic E-state index is 0.0376. The maximum atomic E-state index is 12.3. The third kappa shape index (κ3) is 1.63. The third-order valence-corrected chi connectivity index (χ3v) is 3.42. The second kappa shape index (κ2) is 4.09. The van der Waals surface area contributed by atoms with Gasteiger partial charge in [0.2, 0.25) is 5.78 Å². The van der Waals surface area contributed by atoms with E-state index in [-0.39, 0.29) is 5.78 Å². The fourth-order valence-corrected chi connectivity index (χ4v) is 2.40. The van der Waals surface area contributed by atoms with Crippen LogP contribution in [0.1, 0.15) is 20.9 Å². The van der Waals surface area contributed by atoms with Crippen molar-refractivity contribution >= 4 is 17.1 Å². The van der Waals surface area contributed by atoms with Crippen LogP contribution in [0.2, 0.25) is 0 Å². The second-order valence-electron chi connectivity index (χ2n) is 3.45. The summed E-state index contributed by atoms with van der Waals surface area (Å²) in [6.45, 7) is 1.92. The van der Waals surface area contributed by atoms with Gasteiger partial charge in [0.05, 0.1) is 18.2 Å². The first-order valence-corrected chi connectivity index (χ1v) is 5.68. The molecule has 2 rings (SSSR count). The molecule has 2 aromatic rings. The highest BCUT2D eigenvalue weighted by atomic mass is 32.1. The van der Waals surface area contributed by atoms with Gasteiger partial charge in [-0.25, -0.2) is 0 Å². The minimum Gasteiger partial charge on any atom is -0.493 e. The largest absolute Gasteiger partial charge is 0.493 e. The molecule has 0 spiro atoms. The van der Waals surface area contributed by atoms with Gasteiger partial charge in [0, 0.05) is 7.05 Å². The Balaban J connectivity index is 2.49. The molecule has 0 radical (unpaired) electrons. The lowest BCUT2D eigenvalue weighted by molar-refractivity contribution is 0.103. The van der Waals surface area contributed by atoms with E-state index in [0.717, 1.165) is 10.4 Å². The summed E-state index contributed by atoms with van der Waals surface area (Å²) in [5, 5.41) is 5.93. The first-order chi connectivity index (χ1) is 7.65. The van der Waals surface area contributed by atoms with Crippen molar-refractivity contribution in [3.05, 3.63) is 33.8 Å². The molecule has 0 N–H and O–H groups in total. The van der Waals surface area contributed by atoms with Crippen LogP contribution in [0.3, 0.4) is 0 Å². The van der Waals surface area contributed by atoms with Crippen LogP contribution >= 0.6 is 11.3 Å². The second-order valence-corrected chi connectivity index (χ2v) is 4.36. The van der Waals surface area contributed by atoms with Gasteiger partial charge in [0.15, 0.2) is 11.4 Å². The highest BCUT2D eigenvalue weighted by molar-refractivity contribution is 7.12. The van der Waals surface area contributed by atoms with Crippen LogP contribution in [-0.4, -0.2) is 22.7 Å². The molecular formula is C11H12N2O2S. The highest BCUT2D eigenvalue weighted by Crippen LogP contribution is 2.25. The van der Waals surface area contributed by atoms with E-state index in [1.807, 2.05) is 18.4 Å². The zero-order valence-corrected chi connectivity index (χ0v) is 10.2. The van der Waals surface area contributed by atoms with Crippen molar-refractivity contribution in [3.63, 3.8) is 0 Å². The maximum Gasteiger partial charge on any atom is 0.225 e. The summed E-state index contributed by atoms with van der Waals surface area (Å²) in [5.74, 6) is 0.477. The summed E-state index contributed by atoms with van der Waals surface area (Å²) < 4.78 is 6.67. The van der Waals surface area contributed by atoms with Crippen LogP contribution in [-0.2, 0) is 7.05 Å². The quantitative estimate of drug-likeness (QED) is 0.766. The zero-order chi connectivity index (χ0) is 11.7. The average Bonchev–Trinajstić information content (AvgIpc) is 2.83. The van der Waals surface area contributed by atoms with Gasteiger partial charge in [-0.05, 0) is 23.9 Å². The van der Waals surface area contributed by atoms with E-state index in [1.165, 1.54) is 18.4 Å². The number of carbonyl (C=O) groups is 1. The number of hydrogen-bond donors (Lipinski definition) is 0. The molecule has 0 atom stereocenters. The predicted molar refractivity (Wildman–Crippen MR) is 62.2 cm³/mol. The molecule has 2 aromatic heterocycles. The first-order valence-electron chi connectivity index (χ1n) is 4.80. The van der Waals surface area contributed by atoms with Crippen LogP contribution in [0, 0.1) is 6.92 Å². The van der Waals surface area contributed by atoms with Crippen molar-refractivity contribution in [2.75, 3.05) is 7.11 Å². The summed E-state index contributed by atoms with van der Waals surface area (Å²) in [6, 6.07) is 1.93. The smallest absolute Gasteiger partial charge is 0.225 e. The Labute approximate surface area is 97.5 Å². The van der Waals surface area contributed by atoms with Gasteiger partial charge in [-0.2, -0.15) is 5.10 Å². The molecule has 0 aliphatic carbocycles. The van der Waals surface area contributed by atoms with E-state index in [0.29, 0.717) is 11.4 Å². The van der Waals surface area contributed by atoms with Crippen LogP contribution < -0.4 is 4.74 Å². The molecule has 5 heteroatoms. The Hall–Kier alpha value is -1.62. The molecule has 16 heavy (non-hydrogen) atoms. The maximum absolute atomic E-state index is 12.3. The molecule has 0 fully saturated rings. The number of ether oxygens (including phenoxy) is 1. The first kappa shape index (κ1) is 10.9. The Bertz CT molecular complexity index is 528. The molecule has 0 saturated carbocycles. The number of nitrogens with zero attached hydrogens (tertiary/aromatic N) is 2. The Morgan fingerprint density at radius 1 is 1.56 bits per heavy atom. The van der Waals surface area contributed by atoms with E-state index >= 15 is 0 Å². The molecule has 0 saturated heterocycles. The SMILES string of the molecule is COc1cnn(C)c1C(=O)c1sccc1C. The standard InChI is InChI=1S/C11H12N2O2S/c1-7-4-5-16-11(7)10(14)9-8(15-3)6-12-13(9)2/h4-6H,1-3H3. The van der Waals surface area contributed by atoms with E-state index in [1.54, 1.807) is 17.9 Å². The van der Waals surface area contributed by atoms with Gasteiger partial charge in [-0.1, -0.05) is 0 Å². The lowest BCUT2D eigenvalue weighted by atomic mass is 10.1. The van der Waals surface area contributed by atoms with Crippen molar-refractivity contribution in [2.45, 2.75) is 6.92 Å². The van der Waals surface area contributed by atoms with Crippen molar-refractivity contribution in [1.29, 1.82) is 0 Å². The molecule has 0 aromatic carbocycles. The number of thiophene rings is 1. The average molecular weight is 236 g/mol. The van der Waals surface area contributed by atoms with Crippen LogP contribution in [0.15, 0.2) is 17.6 Å². The van der Waals surface area contributed by atoms with Crippen LogP contribution in [0.4, 0.5) is 0 Å². The summed E-state index contributed by atoms with van der Waals surface area (Å²) in [5.41, 5.74) is 1.48.